The monoisotopic (exact) mass is 317 g/mol. The predicted octanol–water partition coefficient (Wildman–Crippen LogP) is 2.53. The summed E-state index contributed by atoms with van der Waals surface area (Å²) in [7, 11) is 1.99. The summed E-state index contributed by atoms with van der Waals surface area (Å²) in [5, 5.41) is 3.25. The van der Waals surface area contributed by atoms with Gasteiger partial charge >= 0.3 is 0 Å². The molecule has 0 aromatic heterocycles. The smallest absolute Gasteiger partial charge is 0.244 e. The third-order valence-electron chi connectivity index (χ3n) is 4.85. The van der Waals surface area contributed by atoms with Crippen LogP contribution in [0.4, 0.5) is 0 Å². The number of carbonyl (C=O) groups excluding carboxylic acids is 1. The molecule has 0 bridgehead atoms. The lowest BCUT2D eigenvalue weighted by molar-refractivity contribution is -0.139. The van der Waals surface area contributed by atoms with Crippen molar-refractivity contribution in [2.75, 3.05) is 39.8 Å². The van der Waals surface area contributed by atoms with Crippen LogP contribution in [0.3, 0.4) is 0 Å². The number of rotatable bonds is 7. The van der Waals surface area contributed by atoms with Crippen LogP contribution in [-0.4, -0.2) is 55.5 Å². The minimum atomic E-state index is -0.153. The van der Waals surface area contributed by atoms with E-state index in [1.54, 1.807) is 0 Å². The molecule has 4 heteroatoms. The lowest BCUT2D eigenvalue weighted by Gasteiger charge is -2.38. The Kier molecular flexibility index (Phi) is 7.06. The normalized spacial score (nSPS) is 19.8. The topological polar surface area (TPSA) is 35.6 Å². The molecule has 1 aliphatic rings. The number of amides is 1. The third-order valence-corrected chi connectivity index (χ3v) is 4.85. The molecule has 0 saturated carbocycles. The average Bonchev–Trinajstić information content (AvgIpc) is 2.60. The molecule has 128 valence electrons. The van der Waals surface area contributed by atoms with Gasteiger partial charge in [0.25, 0.3) is 0 Å². The Morgan fingerprint density at radius 1 is 1.30 bits per heavy atom. The van der Waals surface area contributed by atoms with Gasteiger partial charge in [-0.2, -0.15) is 0 Å². The Hall–Kier alpha value is -1.39. The number of benzene rings is 1. The van der Waals surface area contributed by atoms with Crippen LogP contribution >= 0.6 is 0 Å². The van der Waals surface area contributed by atoms with Crippen molar-refractivity contribution in [1.82, 2.24) is 15.1 Å². The highest BCUT2D eigenvalue weighted by Gasteiger charge is 2.32. The zero-order valence-corrected chi connectivity index (χ0v) is 14.8. The SMILES string of the molecule is CCN(CC)C(C(=O)N1CCCC(CNC)C1)c1ccccc1. The highest BCUT2D eigenvalue weighted by Crippen LogP contribution is 2.26. The molecule has 1 aromatic carbocycles. The summed E-state index contributed by atoms with van der Waals surface area (Å²) in [5.41, 5.74) is 1.11. The number of hydrogen-bond acceptors (Lipinski definition) is 3. The number of nitrogens with zero attached hydrogens (tertiary/aromatic N) is 2. The standard InChI is InChI=1S/C19H31N3O/c1-4-21(5-2)18(17-11-7-6-8-12-17)19(23)22-13-9-10-16(15-22)14-20-3/h6-8,11-12,16,18,20H,4-5,9-10,13-15H2,1-3H3. The van der Waals surface area contributed by atoms with E-state index in [0.717, 1.165) is 44.7 Å². The van der Waals surface area contributed by atoms with E-state index in [0.29, 0.717) is 5.92 Å². The van der Waals surface area contributed by atoms with E-state index in [2.05, 4.69) is 41.1 Å². The Labute approximate surface area is 140 Å². The first kappa shape index (κ1) is 18.0. The van der Waals surface area contributed by atoms with Crippen LogP contribution < -0.4 is 5.32 Å². The van der Waals surface area contributed by atoms with Crippen LogP contribution in [0.15, 0.2) is 30.3 Å². The lowest BCUT2D eigenvalue weighted by atomic mass is 9.96. The molecule has 4 nitrogen and oxygen atoms in total. The third kappa shape index (κ3) is 4.55. The summed E-state index contributed by atoms with van der Waals surface area (Å²) in [6.07, 6.45) is 2.32. The van der Waals surface area contributed by atoms with Crippen molar-refractivity contribution in [3.8, 4) is 0 Å². The van der Waals surface area contributed by atoms with Gasteiger partial charge < -0.3 is 10.2 Å². The van der Waals surface area contributed by atoms with Crippen LogP contribution in [0, 0.1) is 5.92 Å². The Morgan fingerprint density at radius 2 is 2.00 bits per heavy atom. The van der Waals surface area contributed by atoms with Crippen molar-refractivity contribution in [1.29, 1.82) is 0 Å². The first-order chi connectivity index (χ1) is 11.2. The molecular weight excluding hydrogens is 286 g/mol. The number of likely N-dealkylation sites (N-methyl/N-ethyl adjacent to an activating group) is 1. The minimum Gasteiger partial charge on any atom is -0.341 e. The number of nitrogens with one attached hydrogen (secondary N) is 1. The fraction of sp³-hybridized carbons (Fsp3) is 0.632. The van der Waals surface area contributed by atoms with Gasteiger partial charge in [-0.15, -0.1) is 0 Å². The Balaban J connectivity index is 2.19. The van der Waals surface area contributed by atoms with Crippen molar-refractivity contribution >= 4 is 5.91 Å². The molecule has 1 heterocycles. The second kappa shape index (κ2) is 9.04. The van der Waals surface area contributed by atoms with E-state index < -0.39 is 0 Å². The van der Waals surface area contributed by atoms with Crippen molar-refractivity contribution in [3.05, 3.63) is 35.9 Å². The molecule has 23 heavy (non-hydrogen) atoms. The van der Waals surface area contributed by atoms with E-state index >= 15 is 0 Å². The fourth-order valence-corrected chi connectivity index (χ4v) is 3.63. The molecule has 1 N–H and O–H groups in total. The Bertz CT molecular complexity index is 471. The average molecular weight is 317 g/mol. The molecular formula is C19H31N3O. The molecule has 1 aromatic rings. The van der Waals surface area contributed by atoms with Gasteiger partial charge in [-0.1, -0.05) is 44.2 Å². The number of carbonyl (C=O) groups is 1. The molecule has 0 radical (unpaired) electrons. The van der Waals surface area contributed by atoms with E-state index in [9.17, 15) is 4.79 Å². The van der Waals surface area contributed by atoms with Gasteiger partial charge in [0.15, 0.2) is 0 Å². The summed E-state index contributed by atoms with van der Waals surface area (Å²) in [6.45, 7) is 8.80. The van der Waals surface area contributed by atoms with Gasteiger partial charge in [-0.25, -0.2) is 0 Å². The highest BCUT2D eigenvalue weighted by molar-refractivity contribution is 5.83. The summed E-state index contributed by atoms with van der Waals surface area (Å²) in [6, 6.07) is 10.1. The molecule has 2 unspecified atom stereocenters. The zero-order chi connectivity index (χ0) is 16.7. The maximum atomic E-state index is 13.3. The quantitative estimate of drug-likeness (QED) is 0.839. The van der Waals surface area contributed by atoms with Crippen LogP contribution in [0.25, 0.3) is 0 Å². The summed E-state index contributed by atoms with van der Waals surface area (Å²) in [4.78, 5) is 17.6. The number of likely N-dealkylation sites (tertiary alicyclic amines) is 1. The molecule has 2 rings (SSSR count). The van der Waals surface area contributed by atoms with Gasteiger partial charge in [0, 0.05) is 13.1 Å². The lowest BCUT2D eigenvalue weighted by Crippen LogP contribution is -2.48. The first-order valence-corrected chi connectivity index (χ1v) is 8.93. The van der Waals surface area contributed by atoms with Crippen LogP contribution in [0.5, 0.6) is 0 Å². The summed E-state index contributed by atoms with van der Waals surface area (Å²) < 4.78 is 0. The molecule has 2 atom stereocenters. The predicted molar refractivity (Wildman–Crippen MR) is 95.3 cm³/mol. The van der Waals surface area contributed by atoms with Crippen LogP contribution in [-0.2, 0) is 4.79 Å². The largest absolute Gasteiger partial charge is 0.341 e. The fourth-order valence-electron chi connectivity index (χ4n) is 3.63. The van der Waals surface area contributed by atoms with Crippen molar-refractivity contribution in [2.45, 2.75) is 32.7 Å². The van der Waals surface area contributed by atoms with Crippen LogP contribution in [0.1, 0.15) is 38.3 Å². The van der Waals surface area contributed by atoms with E-state index in [4.69, 9.17) is 0 Å². The van der Waals surface area contributed by atoms with Gasteiger partial charge in [0.1, 0.15) is 6.04 Å². The molecule has 1 fully saturated rings. The zero-order valence-electron chi connectivity index (χ0n) is 14.8. The maximum absolute atomic E-state index is 13.3. The summed E-state index contributed by atoms with van der Waals surface area (Å²) >= 11 is 0. The van der Waals surface area contributed by atoms with Crippen LogP contribution in [0.2, 0.25) is 0 Å². The molecule has 0 spiro atoms. The van der Waals surface area contributed by atoms with Crippen molar-refractivity contribution < 1.29 is 4.79 Å². The molecule has 1 amide bonds. The van der Waals surface area contributed by atoms with Gasteiger partial charge in [0.2, 0.25) is 5.91 Å². The molecule has 1 aliphatic heterocycles. The Morgan fingerprint density at radius 3 is 2.61 bits per heavy atom. The van der Waals surface area contributed by atoms with E-state index in [-0.39, 0.29) is 11.9 Å². The van der Waals surface area contributed by atoms with Gasteiger partial charge in [-0.3, -0.25) is 9.69 Å². The van der Waals surface area contributed by atoms with Crippen molar-refractivity contribution in [2.24, 2.45) is 5.92 Å². The summed E-state index contributed by atoms with van der Waals surface area (Å²) in [5.74, 6) is 0.839. The molecule has 1 saturated heterocycles. The highest BCUT2D eigenvalue weighted by atomic mass is 16.2. The first-order valence-electron chi connectivity index (χ1n) is 8.93. The van der Waals surface area contributed by atoms with Gasteiger partial charge in [-0.05, 0) is 51.0 Å². The van der Waals surface area contributed by atoms with Crippen molar-refractivity contribution in [3.63, 3.8) is 0 Å². The maximum Gasteiger partial charge on any atom is 0.244 e. The molecule has 0 aliphatic carbocycles. The minimum absolute atomic E-state index is 0.153. The number of hydrogen-bond donors (Lipinski definition) is 1. The van der Waals surface area contributed by atoms with E-state index in [1.807, 2.05) is 25.2 Å². The van der Waals surface area contributed by atoms with Gasteiger partial charge in [0.05, 0.1) is 0 Å². The number of piperidine rings is 1. The second-order valence-corrected chi connectivity index (χ2v) is 6.38. The van der Waals surface area contributed by atoms with E-state index in [1.165, 1.54) is 6.42 Å². The second-order valence-electron chi connectivity index (χ2n) is 6.38.